The van der Waals surface area contributed by atoms with Crippen LogP contribution in [0.5, 0.6) is 0 Å². The van der Waals surface area contributed by atoms with Crippen molar-refractivity contribution in [1.29, 1.82) is 0 Å². The minimum absolute atomic E-state index is 0.222. The minimum atomic E-state index is 0.222. The van der Waals surface area contributed by atoms with Gasteiger partial charge in [-0.15, -0.1) is 0 Å². The van der Waals surface area contributed by atoms with Crippen LogP contribution in [0.4, 0.5) is 0 Å². The molecule has 78 valence electrons. The Kier molecular flexibility index (Phi) is 1.55. The molecular weight excluding hydrogens is 186 g/mol. The van der Waals surface area contributed by atoms with Gasteiger partial charge in [-0.1, -0.05) is 32.0 Å². The zero-order chi connectivity index (χ0) is 10.6. The van der Waals surface area contributed by atoms with Crippen LogP contribution in [0.15, 0.2) is 24.4 Å². The van der Waals surface area contributed by atoms with E-state index in [2.05, 4.69) is 42.2 Å². The topological polar surface area (TPSA) is 54.7 Å². The molecular formula is C12H15N3. The number of nitrogens with two attached hydrogens (primary N) is 1. The highest BCUT2D eigenvalue weighted by Gasteiger charge is 2.56. The van der Waals surface area contributed by atoms with Crippen LogP contribution in [-0.4, -0.2) is 16.2 Å². The van der Waals surface area contributed by atoms with Crippen LogP contribution in [0.1, 0.15) is 25.3 Å². The molecule has 3 heteroatoms. The molecule has 0 bridgehead atoms. The molecule has 1 heterocycles. The van der Waals surface area contributed by atoms with E-state index in [4.69, 9.17) is 5.73 Å². The molecule has 1 aromatic carbocycles. The molecule has 1 fully saturated rings. The Bertz CT molecular complexity index is 512. The zero-order valence-corrected chi connectivity index (χ0v) is 8.99. The third-order valence-corrected chi connectivity index (χ3v) is 3.75. The van der Waals surface area contributed by atoms with Crippen LogP contribution in [-0.2, 0) is 0 Å². The van der Waals surface area contributed by atoms with Crippen molar-refractivity contribution in [2.75, 3.05) is 0 Å². The first-order chi connectivity index (χ1) is 7.12. The van der Waals surface area contributed by atoms with Gasteiger partial charge < -0.3 is 5.73 Å². The van der Waals surface area contributed by atoms with Crippen LogP contribution in [0, 0.1) is 5.41 Å². The van der Waals surface area contributed by atoms with Crippen molar-refractivity contribution in [2.45, 2.75) is 25.8 Å². The van der Waals surface area contributed by atoms with Crippen molar-refractivity contribution < 1.29 is 0 Å². The first kappa shape index (κ1) is 8.92. The van der Waals surface area contributed by atoms with Gasteiger partial charge >= 0.3 is 0 Å². The van der Waals surface area contributed by atoms with Gasteiger partial charge in [-0.05, 0) is 11.0 Å². The monoisotopic (exact) mass is 201 g/mol. The standard InChI is InChI=1S/C12H15N3/c1-12(2)9(11(12)13)8-5-3-4-7-6-14-15-10(7)8/h3-6,9,11H,13H2,1-2H3,(H,14,15)/t9-,11-/m0/s1. The SMILES string of the molecule is CC1(C)[C@@H](N)[C@@H]1c1cccc2cn[nH]c12. The van der Waals surface area contributed by atoms with Crippen molar-refractivity contribution in [1.82, 2.24) is 10.2 Å². The van der Waals surface area contributed by atoms with Crippen LogP contribution in [0.25, 0.3) is 10.9 Å². The second-order valence-electron chi connectivity index (χ2n) is 5.01. The molecule has 0 amide bonds. The highest BCUT2D eigenvalue weighted by molar-refractivity contribution is 5.82. The van der Waals surface area contributed by atoms with E-state index in [1.54, 1.807) is 0 Å². The summed E-state index contributed by atoms with van der Waals surface area (Å²) < 4.78 is 0. The molecule has 0 saturated heterocycles. The number of hydrogen-bond donors (Lipinski definition) is 2. The normalized spacial score (nSPS) is 28.2. The number of benzene rings is 1. The maximum Gasteiger partial charge on any atom is 0.0685 e. The molecule has 1 aromatic heterocycles. The lowest BCUT2D eigenvalue weighted by atomic mass is 10.0. The van der Waals surface area contributed by atoms with E-state index in [0.29, 0.717) is 5.92 Å². The van der Waals surface area contributed by atoms with Gasteiger partial charge in [0.05, 0.1) is 11.7 Å². The van der Waals surface area contributed by atoms with Crippen molar-refractivity contribution in [3.63, 3.8) is 0 Å². The van der Waals surface area contributed by atoms with Crippen molar-refractivity contribution in [2.24, 2.45) is 11.1 Å². The second-order valence-corrected chi connectivity index (χ2v) is 5.01. The smallest absolute Gasteiger partial charge is 0.0685 e. The number of fused-ring (bicyclic) bond motifs is 1. The van der Waals surface area contributed by atoms with Crippen LogP contribution < -0.4 is 5.73 Å². The lowest BCUT2D eigenvalue weighted by Gasteiger charge is -2.03. The number of aromatic nitrogens is 2. The quantitative estimate of drug-likeness (QED) is 0.741. The van der Waals surface area contributed by atoms with Crippen molar-refractivity contribution in [3.05, 3.63) is 30.0 Å². The van der Waals surface area contributed by atoms with E-state index in [1.807, 2.05) is 6.20 Å². The molecule has 0 aliphatic heterocycles. The number of nitrogens with one attached hydrogen (secondary N) is 1. The summed E-state index contributed by atoms with van der Waals surface area (Å²) in [6.07, 6.45) is 1.86. The van der Waals surface area contributed by atoms with Crippen LogP contribution >= 0.6 is 0 Å². The van der Waals surface area contributed by atoms with Crippen LogP contribution in [0.3, 0.4) is 0 Å². The molecule has 15 heavy (non-hydrogen) atoms. The second kappa shape index (κ2) is 2.61. The molecule has 1 aliphatic rings. The molecule has 2 atom stereocenters. The van der Waals surface area contributed by atoms with Gasteiger partial charge in [0.1, 0.15) is 0 Å². The molecule has 0 radical (unpaired) electrons. The van der Waals surface area contributed by atoms with E-state index in [-0.39, 0.29) is 11.5 Å². The van der Waals surface area contributed by atoms with E-state index < -0.39 is 0 Å². The Morgan fingerprint density at radius 1 is 1.40 bits per heavy atom. The maximum atomic E-state index is 6.10. The molecule has 1 aliphatic carbocycles. The van der Waals surface area contributed by atoms with Gasteiger partial charge in [-0.2, -0.15) is 5.10 Å². The van der Waals surface area contributed by atoms with Gasteiger partial charge in [0.2, 0.25) is 0 Å². The number of aromatic amines is 1. The Morgan fingerprint density at radius 3 is 2.80 bits per heavy atom. The van der Waals surface area contributed by atoms with E-state index in [9.17, 15) is 0 Å². The molecule has 0 spiro atoms. The number of hydrogen-bond acceptors (Lipinski definition) is 2. The predicted molar refractivity (Wildman–Crippen MR) is 60.6 cm³/mol. The summed E-state index contributed by atoms with van der Waals surface area (Å²) in [6, 6.07) is 6.57. The number of rotatable bonds is 1. The lowest BCUT2D eigenvalue weighted by Crippen LogP contribution is -2.06. The largest absolute Gasteiger partial charge is 0.327 e. The number of para-hydroxylation sites is 1. The van der Waals surface area contributed by atoms with E-state index >= 15 is 0 Å². The summed E-state index contributed by atoms with van der Waals surface area (Å²) in [5.41, 5.74) is 8.77. The third kappa shape index (κ3) is 1.07. The fourth-order valence-corrected chi connectivity index (χ4v) is 2.52. The first-order valence-corrected chi connectivity index (χ1v) is 5.30. The number of nitrogens with zero attached hydrogens (tertiary/aromatic N) is 1. The Balaban J connectivity index is 2.17. The summed E-state index contributed by atoms with van der Waals surface area (Å²) >= 11 is 0. The van der Waals surface area contributed by atoms with Crippen LogP contribution in [0.2, 0.25) is 0 Å². The molecule has 3 N–H and O–H groups in total. The maximum absolute atomic E-state index is 6.10. The van der Waals surface area contributed by atoms with Gasteiger partial charge in [-0.25, -0.2) is 0 Å². The zero-order valence-electron chi connectivity index (χ0n) is 8.99. The molecule has 3 nitrogen and oxygen atoms in total. The molecule has 1 saturated carbocycles. The summed E-state index contributed by atoms with van der Waals surface area (Å²) in [5, 5.41) is 8.31. The molecule has 0 unspecified atom stereocenters. The van der Waals surface area contributed by atoms with Gasteiger partial charge in [0.15, 0.2) is 0 Å². The summed E-state index contributed by atoms with van der Waals surface area (Å²) in [5.74, 6) is 0.460. The highest BCUT2D eigenvalue weighted by atomic mass is 15.1. The fraction of sp³-hybridized carbons (Fsp3) is 0.417. The third-order valence-electron chi connectivity index (χ3n) is 3.75. The number of H-pyrrole nitrogens is 1. The van der Waals surface area contributed by atoms with E-state index in [1.165, 1.54) is 10.9 Å². The average molecular weight is 201 g/mol. The van der Waals surface area contributed by atoms with E-state index in [0.717, 1.165) is 5.52 Å². The van der Waals surface area contributed by atoms with Crippen molar-refractivity contribution in [3.8, 4) is 0 Å². The average Bonchev–Trinajstić information content (AvgIpc) is 2.63. The summed E-state index contributed by atoms with van der Waals surface area (Å²) in [6.45, 7) is 4.44. The Hall–Kier alpha value is -1.35. The van der Waals surface area contributed by atoms with Gasteiger partial charge in [-0.3, -0.25) is 5.10 Å². The van der Waals surface area contributed by atoms with Crippen molar-refractivity contribution >= 4 is 10.9 Å². The Labute approximate surface area is 88.7 Å². The summed E-state index contributed by atoms with van der Waals surface area (Å²) in [7, 11) is 0. The lowest BCUT2D eigenvalue weighted by molar-refractivity contribution is 0.600. The summed E-state index contributed by atoms with van der Waals surface area (Å²) in [4.78, 5) is 0. The highest BCUT2D eigenvalue weighted by Crippen LogP contribution is 2.58. The Morgan fingerprint density at radius 2 is 2.13 bits per heavy atom. The minimum Gasteiger partial charge on any atom is -0.327 e. The fourth-order valence-electron chi connectivity index (χ4n) is 2.52. The first-order valence-electron chi connectivity index (χ1n) is 5.30. The van der Waals surface area contributed by atoms with Gasteiger partial charge in [0, 0.05) is 17.3 Å². The molecule has 3 rings (SSSR count). The van der Waals surface area contributed by atoms with Gasteiger partial charge in [0.25, 0.3) is 0 Å². The predicted octanol–water partition coefficient (Wildman–Crippen LogP) is 2.01. The molecule has 2 aromatic rings.